The Morgan fingerprint density at radius 3 is 2.29 bits per heavy atom. The molecule has 0 radical (unpaired) electrons. The highest BCUT2D eigenvalue weighted by Gasteiger charge is 2.28. The van der Waals surface area contributed by atoms with E-state index >= 15 is 0 Å². The Labute approximate surface area is 88.1 Å². The molecule has 0 saturated carbocycles. The van der Waals surface area contributed by atoms with Gasteiger partial charge in [0.05, 0.1) is 0 Å². The van der Waals surface area contributed by atoms with Crippen LogP contribution in [0.2, 0.25) is 0 Å². The first kappa shape index (κ1) is 13.9. The molecule has 0 fully saturated rings. The molecular weight excluding hydrogens is 176 g/mol. The molecule has 0 spiro atoms. The summed E-state index contributed by atoms with van der Waals surface area (Å²) in [7, 11) is 0. The van der Waals surface area contributed by atoms with Crippen molar-refractivity contribution < 1.29 is 5.11 Å². The van der Waals surface area contributed by atoms with Crippen molar-refractivity contribution in [3.63, 3.8) is 0 Å². The van der Waals surface area contributed by atoms with Gasteiger partial charge in [0.15, 0.2) is 0 Å². The van der Waals surface area contributed by atoms with Gasteiger partial charge in [0.25, 0.3) is 0 Å². The highest BCUT2D eigenvalue weighted by Crippen LogP contribution is 2.17. The maximum absolute atomic E-state index is 8.90. The molecule has 0 aromatic carbocycles. The number of hydrogen-bond acceptors (Lipinski definition) is 3. The Morgan fingerprint density at radius 1 is 1.43 bits per heavy atom. The molecule has 0 aromatic rings. The number of nitrogens with two attached hydrogens (primary N) is 1. The monoisotopic (exact) mass is 202 g/mol. The van der Waals surface area contributed by atoms with Gasteiger partial charge in [-0.15, -0.1) is 0 Å². The Bertz CT molecular complexity index is 150. The van der Waals surface area contributed by atoms with Gasteiger partial charge in [-0.05, 0) is 25.7 Å². The van der Waals surface area contributed by atoms with Crippen molar-refractivity contribution in [3.05, 3.63) is 0 Å². The summed E-state index contributed by atoms with van der Waals surface area (Å²) in [5.74, 6) is 0.500. The fraction of sp³-hybridized carbons (Fsp3) is 1.00. The summed E-state index contributed by atoms with van der Waals surface area (Å²) in [6, 6.07) is 0.371. The van der Waals surface area contributed by atoms with Gasteiger partial charge in [0.1, 0.15) is 0 Å². The number of aliphatic hydroxyl groups is 1. The van der Waals surface area contributed by atoms with Crippen LogP contribution in [0.4, 0.5) is 0 Å². The molecule has 0 aromatic heterocycles. The fourth-order valence-corrected chi connectivity index (χ4v) is 1.46. The van der Waals surface area contributed by atoms with E-state index in [1.807, 2.05) is 0 Å². The molecule has 0 heterocycles. The Kier molecular flexibility index (Phi) is 6.33. The first-order chi connectivity index (χ1) is 6.50. The van der Waals surface area contributed by atoms with Gasteiger partial charge in [-0.2, -0.15) is 0 Å². The van der Waals surface area contributed by atoms with E-state index in [2.05, 4.69) is 33.0 Å². The van der Waals surface area contributed by atoms with Gasteiger partial charge in [-0.3, -0.25) is 0 Å². The normalized spacial score (nSPS) is 18.2. The van der Waals surface area contributed by atoms with Gasteiger partial charge in [0.2, 0.25) is 0 Å². The molecule has 86 valence electrons. The minimum atomic E-state index is -0.0180. The zero-order valence-electron chi connectivity index (χ0n) is 10.0. The molecule has 2 atom stereocenters. The molecule has 0 saturated heterocycles. The Balaban J connectivity index is 4.26. The lowest BCUT2D eigenvalue weighted by Gasteiger charge is -2.37. The molecule has 0 aliphatic carbocycles. The molecule has 4 N–H and O–H groups in total. The summed E-state index contributed by atoms with van der Waals surface area (Å²) in [5.41, 5.74) is 5.76. The summed E-state index contributed by atoms with van der Waals surface area (Å²) in [4.78, 5) is 0. The SMILES string of the molecule is CCC(CCO)NC(C)(CN)C(C)C. The maximum atomic E-state index is 8.90. The second-order valence-electron chi connectivity index (χ2n) is 4.54. The van der Waals surface area contributed by atoms with Crippen molar-refractivity contribution in [1.82, 2.24) is 5.32 Å². The van der Waals surface area contributed by atoms with Crippen LogP contribution in [-0.2, 0) is 0 Å². The van der Waals surface area contributed by atoms with Crippen molar-refractivity contribution in [3.8, 4) is 0 Å². The topological polar surface area (TPSA) is 58.3 Å². The average molecular weight is 202 g/mol. The van der Waals surface area contributed by atoms with E-state index in [1.165, 1.54) is 0 Å². The van der Waals surface area contributed by atoms with Crippen LogP contribution in [0.1, 0.15) is 40.5 Å². The van der Waals surface area contributed by atoms with Gasteiger partial charge in [0, 0.05) is 24.7 Å². The molecule has 2 unspecified atom stereocenters. The largest absolute Gasteiger partial charge is 0.396 e. The fourth-order valence-electron chi connectivity index (χ4n) is 1.46. The van der Waals surface area contributed by atoms with E-state index in [1.54, 1.807) is 0 Å². The van der Waals surface area contributed by atoms with Crippen molar-refractivity contribution in [2.45, 2.75) is 52.1 Å². The van der Waals surface area contributed by atoms with E-state index in [9.17, 15) is 0 Å². The van der Waals surface area contributed by atoms with Crippen LogP contribution in [-0.4, -0.2) is 29.8 Å². The van der Waals surface area contributed by atoms with Gasteiger partial charge in [-0.1, -0.05) is 20.8 Å². The summed E-state index contributed by atoms with van der Waals surface area (Å²) >= 11 is 0. The first-order valence-corrected chi connectivity index (χ1v) is 5.58. The molecule has 0 bridgehead atoms. The third kappa shape index (κ3) is 3.95. The molecule has 0 aliphatic rings. The first-order valence-electron chi connectivity index (χ1n) is 5.58. The molecule has 14 heavy (non-hydrogen) atoms. The number of rotatable bonds is 7. The number of aliphatic hydroxyl groups excluding tert-OH is 1. The van der Waals surface area contributed by atoms with E-state index in [-0.39, 0.29) is 12.1 Å². The number of nitrogens with one attached hydrogen (secondary N) is 1. The second kappa shape index (κ2) is 6.38. The summed E-state index contributed by atoms with van der Waals surface area (Å²) in [6.07, 6.45) is 1.84. The van der Waals surface area contributed by atoms with Crippen molar-refractivity contribution in [1.29, 1.82) is 0 Å². The quantitative estimate of drug-likeness (QED) is 0.579. The molecular formula is C11H26N2O. The van der Waals surface area contributed by atoms with Crippen LogP contribution in [0.5, 0.6) is 0 Å². The third-order valence-corrected chi connectivity index (χ3v) is 3.20. The Hall–Kier alpha value is -0.120. The maximum Gasteiger partial charge on any atom is 0.0445 e. The molecule has 3 nitrogen and oxygen atoms in total. The van der Waals surface area contributed by atoms with Crippen LogP contribution in [0.3, 0.4) is 0 Å². The van der Waals surface area contributed by atoms with E-state index in [4.69, 9.17) is 10.8 Å². The van der Waals surface area contributed by atoms with Gasteiger partial charge < -0.3 is 16.2 Å². The van der Waals surface area contributed by atoms with Crippen molar-refractivity contribution in [2.24, 2.45) is 11.7 Å². The smallest absolute Gasteiger partial charge is 0.0445 e. The minimum absolute atomic E-state index is 0.0180. The molecule has 0 rings (SSSR count). The lowest BCUT2D eigenvalue weighted by Crippen LogP contribution is -2.56. The molecule has 0 amide bonds. The Morgan fingerprint density at radius 2 is 2.00 bits per heavy atom. The lowest BCUT2D eigenvalue weighted by molar-refractivity contribution is 0.201. The summed E-state index contributed by atoms with van der Waals surface area (Å²) in [5, 5.41) is 12.4. The second-order valence-corrected chi connectivity index (χ2v) is 4.54. The van der Waals surface area contributed by atoms with Gasteiger partial charge >= 0.3 is 0 Å². The number of hydrogen-bond donors (Lipinski definition) is 3. The highest BCUT2D eigenvalue weighted by molar-refractivity contribution is 4.90. The predicted octanol–water partition coefficient (Wildman–Crippen LogP) is 1.11. The van der Waals surface area contributed by atoms with E-state index in [0.29, 0.717) is 18.5 Å². The average Bonchev–Trinajstić information content (AvgIpc) is 2.16. The lowest BCUT2D eigenvalue weighted by atomic mass is 9.87. The van der Waals surface area contributed by atoms with Crippen LogP contribution in [0.25, 0.3) is 0 Å². The van der Waals surface area contributed by atoms with Crippen LogP contribution in [0.15, 0.2) is 0 Å². The third-order valence-electron chi connectivity index (χ3n) is 3.20. The summed E-state index contributed by atoms with van der Waals surface area (Å²) in [6.45, 7) is 9.50. The zero-order chi connectivity index (χ0) is 11.2. The van der Waals surface area contributed by atoms with E-state index in [0.717, 1.165) is 12.8 Å². The minimum Gasteiger partial charge on any atom is -0.396 e. The standard InChI is InChI=1S/C11H26N2O/c1-5-10(6-7-14)13-11(4,8-12)9(2)3/h9-10,13-14H,5-8,12H2,1-4H3. The van der Waals surface area contributed by atoms with Crippen LogP contribution < -0.4 is 11.1 Å². The van der Waals surface area contributed by atoms with Crippen LogP contribution in [0, 0.1) is 5.92 Å². The van der Waals surface area contributed by atoms with Crippen LogP contribution >= 0.6 is 0 Å². The predicted molar refractivity (Wildman–Crippen MR) is 61.2 cm³/mol. The highest BCUT2D eigenvalue weighted by atomic mass is 16.3. The summed E-state index contributed by atoms with van der Waals surface area (Å²) < 4.78 is 0. The zero-order valence-corrected chi connectivity index (χ0v) is 10.0. The van der Waals surface area contributed by atoms with E-state index < -0.39 is 0 Å². The van der Waals surface area contributed by atoms with Gasteiger partial charge in [-0.25, -0.2) is 0 Å². The van der Waals surface area contributed by atoms with Crippen molar-refractivity contribution in [2.75, 3.05) is 13.2 Å². The molecule has 3 heteroatoms. The van der Waals surface area contributed by atoms with Crippen molar-refractivity contribution >= 4 is 0 Å². The molecule has 0 aliphatic heterocycles.